The van der Waals surface area contributed by atoms with Gasteiger partial charge in [-0.25, -0.2) is 0 Å². The lowest BCUT2D eigenvalue weighted by Crippen LogP contribution is -2.28. The van der Waals surface area contributed by atoms with E-state index in [1.807, 2.05) is 0 Å². The van der Waals surface area contributed by atoms with Crippen LogP contribution in [0.1, 0.15) is 24.5 Å². The fourth-order valence-corrected chi connectivity index (χ4v) is 3.28. The van der Waals surface area contributed by atoms with Crippen LogP contribution < -0.4 is 4.90 Å². The molecule has 0 N–H and O–H groups in total. The molecule has 0 bridgehead atoms. The summed E-state index contributed by atoms with van der Waals surface area (Å²) in [6.45, 7) is 3.21. The van der Waals surface area contributed by atoms with Gasteiger partial charge in [0.1, 0.15) is 0 Å². The van der Waals surface area contributed by atoms with Gasteiger partial charge in [-0.15, -0.1) is 0 Å². The maximum atomic E-state index is 13.2. The first-order valence-electron chi connectivity index (χ1n) is 6.80. The van der Waals surface area contributed by atoms with Gasteiger partial charge in [0.15, 0.2) is 5.12 Å². The van der Waals surface area contributed by atoms with Gasteiger partial charge in [0.2, 0.25) is 5.91 Å². The van der Waals surface area contributed by atoms with Gasteiger partial charge < -0.3 is 4.90 Å². The van der Waals surface area contributed by atoms with Gasteiger partial charge in [0, 0.05) is 25.6 Å². The van der Waals surface area contributed by atoms with E-state index < -0.39 is 11.7 Å². The number of rotatable bonds is 3. The van der Waals surface area contributed by atoms with Crippen molar-refractivity contribution in [2.45, 2.75) is 26.4 Å². The number of hydrogen-bond acceptors (Lipinski definition) is 3. The molecule has 1 aliphatic rings. The lowest BCUT2D eigenvalue weighted by atomic mass is 10.1. The summed E-state index contributed by atoms with van der Waals surface area (Å²) in [4.78, 5) is 24.3. The van der Waals surface area contributed by atoms with Crippen LogP contribution in [0.3, 0.4) is 0 Å². The normalized spacial score (nSPS) is 18.9. The molecule has 120 valence electrons. The van der Waals surface area contributed by atoms with Crippen molar-refractivity contribution < 1.29 is 22.8 Å². The summed E-state index contributed by atoms with van der Waals surface area (Å²) in [7, 11) is 0. The van der Waals surface area contributed by atoms with Gasteiger partial charge in [0.25, 0.3) is 0 Å². The smallest absolute Gasteiger partial charge is 0.311 e. The second kappa shape index (κ2) is 6.32. The quantitative estimate of drug-likeness (QED) is 0.848. The van der Waals surface area contributed by atoms with Gasteiger partial charge in [-0.2, -0.15) is 13.2 Å². The van der Waals surface area contributed by atoms with Crippen LogP contribution in [0, 0.1) is 12.8 Å². The molecule has 0 aliphatic carbocycles. The monoisotopic (exact) mass is 331 g/mol. The van der Waals surface area contributed by atoms with E-state index in [4.69, 9.17) is 0 Å². The standard InChI is InChI=1S/C15H16F3NO2S/c1-9-4-3-5-12(15(16,17)18)14(9)19-7-11(6-13(19)21)8-22-10(2)20/h3-5,11H,6-8H2,1-2H3. The second-order valence-corrected chi connectivity index (χ2v) is 6.54. The Labute approximate surface area is 130 Å². The number of hydrogen-bond donors (Lipinski definition) is 0. The Bertz CT molecular complexity index is 601. The number of halogens is 3. The fourth-order valence-electron chi connectivity index (χ4n) is 2.59. The van der Waals surface area contributed by atoms with E-state index >= 15 is 0 Å². The zero-order chi connectivity index (χ0) is 16.5. The lowest BCUT2D eigenvalue weighted by molar-refractivity contribution is -0.137. The molecule has 1 atom stereocenters. The largest absolute Gasteiger partial charge is 0.418 e. The van der Waals surface area contributed by atoms with Crippen molar-refractivity contribution in [1.82, 2.24) is 0 Å². The van der Waals surface area contributed by atoms with Crippen LogP contribution in [0.25, 0.3) is 0 Å². The Hall–Kier alpha value is -1.50. The van der Waals surface area contributed by atoms with Gasteiger partial charge in [-0.1, -0.05) is 23.9 Å². The number of carbonyl (C=O) groups excluding carboxylic acids is 2. The van der Waals surface area contributed by atoms with Crippen LogP contribution in [0.2, 0.25) is 0 Å². The highest BCUT2D eigenvalue weighted by molar-refractivity contribution is 8.13. The van der Waals surface area contributed by atoms with Crippen LogP contribution >= 0.6 is 11.8 Å². The maximum Gasteiger partial charge on any atom is 0.418 e. The van der Waals surface area contributed by atoms with Crippen molar-refractivity contribution in [3.05, 3.63) is 29.3 Å². The third-order valence-electron chi connectivity index (χ3n) is 3.54. The van der Waals surface area contributed by atoms with Crippen LogP contribution in [0.15, 0.2) is 18.2 Å². The zero-order valence-electron chi connectivity index (χ0n) is 12.2. The summed E-state index contributed by atoms with van der Waals surface area (Å²) in [5, 5.41) is -0.0576. The van der Waals surface area contributed by atoms with Gasteiger partial charge in [-0.3, -0.25) is 9.59 Å². The van der Waals surface area contributed by atoms with Gasteiger partial charge >= 0.3 is 6.18 Å². The van der Waals surface area contributed by atoms with Crippen molar-refractivity contribution in [2.75, 3.05) is 17.2 Å². The number of carbonyl (C=O) groups is 2. The minimum absolute atomic E-state index is 0.0576. The molecule has 1 aromatic carbocycles. The Kier molecular flexibility index (Phi) is 4.84. The summed E-state index contributed by atoms with van der Waals surface area (Å²) in [5.74, 6) is 0.0150. The maximum absolute atomic E-state index is 13.2. The number of alkyl halides is 3. The molecular formula is C15H16F3NO2S. The van der Waals surface area contributed by atoms with Crippen LogP contribution in [0.4, 0.5) is 18.9 Å². The molecule has 1 fully saturated rings. The van der Waals surface area contributed by atoms with Crippen LogP contribution in [-0.2, 0) is 15.8 Å². The first-order chi connectivity index (χ1) is 10.2. The first kappa shape index (κ1) is 16.9. The Morgan fingerprint density at radius 3 is 2.68 bits per heavy atom. The highest BCUT2D eigenvalue weighted by Gasteiger charge is 2.39. The topological polar surface area (TPSA) is 37.4 Å². The molecule has 1 unspecified atom stereocenters. The Morgan fingerprint density at radius 1 is 1.41 bits per heavy atom. The minimum atomic E-state index is -4.51. The average molecular weight is 331 g/mol. The number of thioether (sulfide) groups is 1. The third kappa shape index (κ3) is 3.63. The molecule has 1 aromatic rings. The van der Waals surface area contributed by atoms with E-state index in [-0.39, 0.29) is 35.6 Å². The number of benzene rings is 1. The van der Waals surface area contributed by atoms with E-state index in [0.29, 0.717) is 11.3 Å². The molecule has 3 nitrogen and oxygen atoms in total. The van der Waals surface area contributed by atoms with E-state index in [2.05, 4.69) is 0 Å². The lowest BCUT2D eigenvalue weighted by Gasteiger charge is -2.23. The fraction of sp³-hybridized carbons (Fsp3) is 0.467. The number of para-hydroxylation sites is 1. The second-order valence-electron chi connectivity index (χ2n) is 5.35. The summed E-state index contributed by atoms with van der Waals surface area (Å²) in [6.07, 6.45) is -4.33. The molecule has 1 heterocycles. The third-order valence-corrected chi connectivity index (χ3v) is 4.59. The summed E-state index contributed by atoms with van der Waals surface area (Å²) < 4.78 is 39.5. The molecule has 1 saturated heterocycles. The molecule has 0 radical (unpaired) electrons. The minimum Gasteiger partial charge on any atom is -0.311 e. The van der Waals surface area contributed by atoms with Gasteiger partial charge in [-0.05, 0) is 24.5 Å². The first-order valence-corrected chi connectivity index (χ1v) is 7.79. The number of amides is 1. The molecule has 22 heavy (non-hydrogen) atoms. The molecule has 1 amide bonds. The predicted octanol–water partition coefficient (Wildman–Crippen LogP) is 3.65. The molecule has 2 rings (SSSR count). The summed E-state index contributed by atoms with van der Waals surface area (Å²) in [6, 6.07) is 3.90. The van der Waals surface area contributed by atoms with Crippen LogP contribution in [-0.4, -0.2) is 23.3 Å². The van der Waals surface area contributed by atoms with E-state index in [1.165, 1.54) is 17.9 Å². The number of aryl methyl sites for hydroxylation is 1. The van der Waals surface area contributed by atoms with Crippen molar-refractivity contribution in [2.24, 2.45) is 5.92 Å². The number of nitrogens with zero attached hydrogens (tertiary/aromatic N) is 1. The van der Waals surface area contributed by atoms with E-state index in [9.17, 15) is 22.8 Å². The predicted molar refractivity (Wildman–Crippen MR) is 79.8 cm³/mol. The van der Waals surface area contributed by atoms with Crippen molar-refractivity contribution in [1.29, 1.82) is 0 Å². The van der Waals surface area contributed by atoms with Gasteiger partial charge in [0.05, 0.1) is 11.3 Å². The van der Waals surface area contributed by atoms with Crippen molar-refractivity contribution >= 4 is 28.5 Å². The average Bonchev–Trinajstić information content (AvgIpc) is 2.76. The SMILES string of the molecule is CC(=O)SCC1CC(=O)N(c2c(C)cccc2C(F)(F)F)C1. The Morgan fingerprint density at radius 2 is 2.09 bits per heavy atom. The molecule has 7 heteroatoms. The van der Waals surface area contributed by atoms with Crippen molar-refractivity contribution in [3.63, 3.8) is 0 Å². The van der Waals surface area contributed by atoms with Crippen LogP contribution in [0.5, 0.6) is 0 Å². The highest BCUT2D eigenvalue weighted by atomic mass is 32.2. The number of anilines is 1. The van der Waals surface area contributed by atoms with E-state index in [1.54, 1.807) is 13.0 Å². The highest BCUT2D eigenvalue weighted by Crippen LogP contribution is 2.40. The van der Waals surface area contributed by atoms with E-state index in [0.717, 1.165) is 17.8 Å². The van der Waals surface area contributed by atoms with Crippen molar-refractivity contribution in [3.8, 4) is 0 Å². The molecule has 0 spiro atoms. The Balaban J connectivity index is 2.29. The summed E-state index contributed by atoms with van der Waals surface area (Å²) >= 11 is 1.10. The molecule has 0 saturated carbocycles. The zero-order valence-corrected chi connectivity index (χ0v) is 13.1. The molecular weight excluding hydrogens is 315 g/mol. The molecule has 0 aromatic heterocycles. The molecule has 1 aliphatic heterocycles. The summed E-state index contributed by atoms with van der Waals surface area (Å²) in [5.41, 5.74) is -0.431.